The third kappa shape index (κ3) is 6.90. The molecule has 49 heavy (non-hydrogen) atoms. The minimum absolute atomic E-state index is 0.0751. The zero-order valence-corrected chi connectivity index (χ0v) is 28.7. The number of hydrogen-bond donors (Lipinski definition) is 1. The summed E-state index contributed by atoms with van der Waals surface area (Å²) in [6.07, 6.45) is 0.374. The summed E-state index contributed by atoms with van der Waals surface area (Å²) in [4.78, 5) is 39.8. The summed E-state index contributed by atoms with van der Waals surface area (Å²) in [7, 11) is -4.76. The van der Waals surface area contributed by atoms with Gasteiger partial charge in [-0.05, 0) is 76.9 Å². The summed E-state index contributed by atoms with van der Waals surface area (Å²) >= 11 is 0. The van der Waals surface area contributed by atoms with Crippen molar-refractivity contribution in [1.82, 2.24) is 9.80 Å². The van der Waals surface area contributed by atoms with Gasteiger partial charge in [0.25, 0.3) is 0 Å². The van der Waals surface area contributed by atoms with Gasteiger partial charge in [-0.3, -0.25) is 18.6 Å². The molecule has 4 aliphatic rings. The summed E-state index contributed by atoms with van der Waals surface area (Å²) < 4.78 is 48.0. The van der Waals surface area contributed by atoms with E-state index in [1.807, 2.05) is 0 Å². The number of carbonyl (C=O) groups is 2. The van der Waals surface area contributed by atoms with Gasteiger partial charge in [-0.25, -0.2) is 4.57 Å². The van der Waals surface area contributed by atoms with Crippen LogP contribution in [0.4, 0.5) is 0 Å². The molecule has 2 aromatic rings. The second kappa shape index (κ2) is 13.4. The number of nitriles is 2. The zero-order valence-electron chi connectivity index (χ0n) is 27.8. The number of ether oxygens (including phenoxy) is 4. The Bertz CT molecular complexity index is 1640. The van der Waals surface area contributed by atoms with Crippen LogP contribution in [0.1, 0.15) is 87.7 Å². The monoisotopic (exact) mass is 694 g/mol. The van der Waals surface area contributed by atoms with Crippen LogP contribution in [0.15, 0.2) is 36.4 Å². The van der Waals surface area contributed by atoms with E-state index in [9.17, 15) is 29.6 Å². The smallest absolute Gasteiger partial charge is 0.476 e. The Morgan fingerprint density at radius 2 is 1.20 bits per heavy atom. The number of amides is 2. The first-order valence-corrected chi connectivity index (χ1v) is 17.6. The normalized spacial score (nSPS) is 25.5. The van der Waals surface area contributed by atoms with Crippen LogP contribution in [-0.4, -0.2) is 76.6 Å². The number of carbonyl (C=O) groups excluding carboxylic acids is 2. The van der Waals surface area contributed by atoms with Crippen LogP contribution in [0.5, 0.6) is 11.5 Å². The SMILES string of the molecule is CC1(C)Oc2ccc(C#N)cc2[C@@H](N2CCCC2=O)[C@@H]1OCOP(=O)(O)OCO[C@H]1[C@H](N2CCCC2=O)c2cc(C#N)ccc2OC1(C)C. The topological polar surface area (TPSA) is 181 Å². The van der Waals surface area contributed by atoms with Gasteiger partial charge in [-0.1, -0.05) is 0 Å². The highest BCUT2D eigenvalue weighted by atomic mass is 31.2. The minimum atomic E-state index is -4.76. The summed E-state index contributed by atoms with van der Waals surface area (Å²) in [5.74, 6) is 0.873. The van der Waals surface area contributed by atoms with Crippen molar-refractivity contribution < 1.29 is 47.0 Å². The second-order valence-corrected chi connectivity index (χ2v) is 15.0. The number of hydrogen-bond acceptors (Lipinski definition) is 11. The standard InChI is InChI=1S/C34H39N4O10P/c1-33(2)31(29(37-13-5-7-27(37)39)23-15-21(17-35)9-11-25(23)47-33)43-19-45-49(41,42)46-20-44-32-30(38-14-6-8-28(38)40)24-16-22(18-36)10-12-26(24)48-34(32,3)4/h9-12,15-16,29-32H,5-8,13-14,19-20H2,1-4H3,(H,41,42)/t29-,30-,31+,32+/m1/s1. The van der Waals surface area contributed by atoms with E-state index in [0.29, 0.717) is 72.5 Å². The van der Waals surface area contributed by atoms with E-state index in [0.717, 1.165) is 0 Å². The van der Waals surface area contributed by atoms with Gasteiger partial charge in [0.15, 0.2) is 13.6 Å². The molecule has 14 nitrogen and oxygen atoms in total. The predicted molar refractivity (Wildman–Crippen MR) is 171 cm³/mol. The lowest BCUT2D eigenvalue weighted by atomic mass is 9.85. The van der Waals surface area contributed by atoms with Gasteiger partial charge in [0.05, 0.1) is 35.3 Å². The number of rotatable bonds is 10. The van der Waals surface area contributed by atoms with Crippen LogP contribution >= 0.6 is 7.82 Å². The second-order valence-electron chi connectivity index (χ2n) is 13.5. The Labute approximate surface area is 284 Å². The third-order valence-corrected chi connectivity index (χ3v) is 10.3. The molecule has 4 heterocycles. The first-order valence-electron chi connectivity index (χ1n) is 16.1. The zero-order chi connectivity index (χ0) is 35.1. The molecule has 260 valence electrons. The third-order valence-electron chi connectivity index (χ3n) is 9.42. The predicted octanol–water partition coefficient (Wildman–Crippen LogP) is 4.62. The molecule has 0 bridgehead atoms. The van der Waals surface area contributed by atoms with Gasteiger partial charge in [-0.2, -0.15) is 10.5 Å². The first kappa shape index (κ1) is 34.8. The fourth-order valence-electron chi connectivity index (χ4n) is 7.20. The summed E-state index contributed by atoms with van der Waals surface area (Å²) in [6, 6.07) is 12.9. The van der Waals surface area contributed by atoms with Gasteiger partial charge in [0, 0.05) is 37.1 Å². The van der Waals surface area contributed by atoms with Crippen molar-refractivity contribution in [2.24, 2.45) is 0 Å². The molecule has 0 aromatic heterocycles. The molecule has 2 saturated heterocycles. The lowest BCUT2D eigenvalue weighted by Crippen LogP contribution is -2.55. The molecule has 0 radical (unpaired) electrons. The molecule has 0 aliphatic carbocycles. The van der Waals surface area contributed by atoms with Crippen molar-refractivity contribution in [2.75, 3.05) is 26.7 Å². The van der Waals surface area contributed by atoms with Crippen LogP contribution in [0.25, 0.3) is 0 Å². The fraction of sp³-hybridized carbons (Fsp3) is 0.529. The molecular formula is C34H39N4O10P. The largest absolute Gasteiger partial charge is 0.485 e. The number of benzene rings is 2. The van der Waals surface area contributed by atoms with E-state index in [-0.39, 0.29) is 11.8 Å². The molecule has 15 heteroatoms. The summed E-state index contributed by atoms with van der Waals surface area (Å²) in [5, 5.41) is 19.1. The maximum Gasteiger partial charge on any atom is 0.476 e. The Balaban J connectivity index is 1.15. The Hall–Kier alpha value is -4.01. The Morgan fingerprint density at radius 3 is 1.55 bits per heavy atom. The van der Waals surface area contributed by atoms with Crippen LogP contribution in [0.3, 0.4) is 0 Å². The molecular weight excluding hydrogens is 655 g/mol. The van der Waals surface area contributed by atoms with Gasteiger partial charge in [-0.15, -0.1) is 0 Å². The van der Waals surface area contributed by atoms with Crippen LogP contribution in [0.2, 0.25) is 0 Å². The van der Waals surface area contributed by atoms with Crippen LogP contribution < -0.4 is 9.47 Å². The van der Waals surface area contributed by atoms with Gasteiger partial charge < -0.3 is 33.6 Å². The number of likely N-dealkylation sites (tertiary alicyclic amines) is 2. The molecule has 0 unspecified atom stereocenters. The molecule has 4 atom stereocenters. The van der Waals surface area contributed by atoms with E-state index in [1.165, 1.54) is 0 Å². The molecule has 2 aromatic carbocycles. The van der Waals surface area contributed by atoms with E-state index < -0.39 is 56.9 Å². The Kier molecular flexibility index (Phi) is 9.50. The van der Waals surface area contributed by atoms with E-state index in [2.05, 4.69) is 12.1 Å². The quantitative estimate of drug-likeness (QED) is 0.270. The first-order chi connectivity index (χ1) is 23.2. The molecule has 0 spiro atoms. The van der Waals surface area contributed by atoms with Gasteiger partial charge in [0.2, 0.25) is 11.8 Å². The fourth-order valence-corrected chi connectivity index (χ4v) is 7.67. The average molecular weight is 695 g/mol. The van der Waals surface area contributed by atoms with E-state index in [4.69, 9.17) is 28.0 Å². The number of nitrogens with zero attached hydrogens (tertiary/aromatic N) is 4. The lowest BCUT2D eigenvalue weighted by molar-refractivity contribution is -0.175. The van der Waals surface area contributed by atoms with Gasteiger partial charge in [0.1, 0.15) is 34.9 Å². The van der Waals surface area contributed by atoms with E-state index in [1.54, 1.807) is 73.9 Å². The molecule has 2 fully saturated rings. The summed E-state index contributed by atoms with van der Waals surface area (Å²) in [6.45, 7) is 6.69. The van der Waals surface area contributed by atoms with E-state index >= 15 is 0 Å². The highest BCUT2D eigenvalue weighted by molar-refractivity contribution is 7.47. The van der Waals surface area contributed by atoms with Crippen molar-refractivity contribution in [3.8, 4) is 23.6 Å². The number of phosphoric acid groups is 1. The van der Waals surface area contributed by atoms with Crippen molar-refractivity contribution in [3.05, 3.63) is 58.7 Å². The lowest BCUT2D eigenvalue weighted by Gasteiger charge is -2.47. The van der Waals surface area contributed by atoms with Crippen molar-refractivity contribution in [2.45, 2.75) is 88.9 Å². The average Bonchev–Trinajstić information content (AvgIpc) is 3.67. The van der Waals surface area contributed by atoms with Crippen molar-refractivity contribution >= 4 is 19.6 Å². The molecule has 6 rings (SSSR count). The molecule has 0 saturated carbocycles. The van der Waals surface area contributed by atoms with Crippen LogP contribution in [0, 0.1) is 22.7 Å². The van der Waals surface area contributed by atoms with Crippen LogP contribution in [-0.2, 0) is 32.7 Å². The number of phosphoric ester groups is 1. The maximum absolute atomic E-state index is 13.1. The van der Waals surface area contributed by atoms with Gasteiger partial charge >= 0.3 is 7.82 Å². The molecule has 4 aliphatic heterocycles. The highest BCUT2D eigenvalue weighted by Crippen LogP contribution is 2.49. The van der Waals surface area contributed by atoms with Crippen molar-refractivity contribution in [1.29, 1.82) is 10.5 Å². The minimum Gasteiger partial charge on any atom is -0.485 e. The Morgan fingerprint density at radius 1 is 0.796 bits per heavy atom. The maximum atomic E-state index is 13.1. The highest BCUT2D eigenvalue weighted by Gasteiger charge is 2.51. The van der Waals surface area contributed by atoms with Crippen molar-refractivity contribution in [3.63, 3.8) is 0 Å². The summed E-state index contributed by atoms with van der Waals surface area (Å²) in [5.41, 5.74) is -0.0302. The molecule has 1 N–H and O–H groups in total. The molecule has 2 amide bonds. The number of fused-ring (bicyclic) bond motifs is 2.